The standard InChI is InChI=1S/C21H20N2O5S/c1-13(24)11-23-19(26)16-9-8-15(20(27)28-2)10-17(16)22-21(23)29-12-18(25)14-6-4-3-5-7-14/h3-10,13,24H,11-12H2,1-2H3/t13-/m0/s1. The summed E-state index contributed by atoms with van der Waals surface area (Å²) in [5.74, 6) is -0.550. The molecule has 0 radical (unpaired) electrons. The number of benzene rings is 2. The Hall–Kier alpha value is -2.97. The Morgan fingerprint density at radius 1 is 1.17 bits per heavy atom. The molecule has 0 spiro atoms. The SMILES string of the molecule is COC(=O)c1ccc2c(=O)n(C[C@H](C)O)c(SCC(=O)c3ccccc3)nc2c1. The summed E-state index contributed by atoms with van der Waals surface area (Å²) in [7, 11) is 1.27. The zero-order valence-corrected chi connectivity index (χ0v) is 16.8. The van der Waals surface area contributed by atoms with E-state index in [1.54, 1.807) is 31.2 Å². The van der Waals surface area contributed by atoms with Gasteiger partial charge in [-0.15, -0.1) is 0 Å². The number of aromatic nitrogens is 2. The fourth-order valence-corrected chi connectivity index (χ4v) is 3.72. The topological polar surface area (TPSA) is 98.5 Å². The van der Waals surface area contributed by atoms with Crippen molar-refractivity contribution in [3.63, 3.8) is 0 Å². The van der Waals surface area contributed by atoms with Crippen LogP contribution in [0.25, 0.3) is 10.9 Å². The maximum absolute atomic E-state index is 12.9. The van der Waals surface area contributed by atoms with Crippen LogP contribution in [0.1, 0.15) is 27.6 Å². The number of hydrogen-bond acceptors (Lipinski definition) is 7. The van der Waals surface area contributed by atoms with Crippen molar-refractivity contribution in [1.82, 2.24) is 9.55 Å². The molecule has 0 amide bonds. The van der Waals surface area contributed by atoms with Crippen LogP contribution in [0.3, 0.4) is 0 Å². The Morgan fingerprint density at radius 3 is 2.55 bits per heavy atom. The number of methoxy groups -OCH3 is 1. The first-order valence-electron chi connectivity index (χ1n) is 8.92. The smallest absolute Gasteiger partial charge is 0.337 e. The van der Waals surface area contributed by atoms with Gasteiger partial charge < -0.3 is 9.84 Å². The number of carbonyl (C=O) groups excluding carboxylic acids is 2. The molecule has 1 aromatic heterocycles. The number of ketones is 1. The number of nitrogens with zero attached hydrogens (tertiary/aromatic N) is 2. The van der Waals surface area contributed by atoms with Crippen LogP contribution in [0.4, 0.5) is 0 Å². The summed E-state index contributed by atoms with van der Waals surface area (Å²) >= 11 is 1.12. The molecule has 150 valence electrons. The molecule has 29 heavy (non-hydrogen) atoms. The van der Waals surface area contributed by atoms with Crippen molar-refractivity contribution in [3.8, 4) is 0 Å². The van der Waals surface area contributed by atoms with Crippen LogP contribution in [0.5, 0.6) is 0 Å². The molecule has 0 fully saturated rings. The fourth-order valence-electron chi connectivity index (χ4n) is 2.82. The van der Waals surface area contributed by atoms with E-state index in [-0.39, 0.29) is 29.2 Å². The molecule has 0 aliphatic heterocycles. The maximum atomic E-state index is 12.9. The first-order chi connectivity index (χ1) is 13.9. The molecule has 1 N–H and O–H groups in total. The zero-order chi connectivity index (χ0) is 21.0. The molecule has 0 aliphatic rings. The molecule has 0 saturated carbocycles. The fraction of sp³-hybridized carbons (Fsp3) is 0.238. The second-order valence-corrected chi connectivity index (χ2v) is 7.40. The van der Waals surface area contributed by atoms with Gasteiger partial charge in [-0.25, -0.2) is 9.78 Å². The number of fused-ring (bicyclic) bond motifs is 1. The van der Waals surface area contributed by atoms with E-state index in [2.05, 4.69) is 4.98 Å². The van der Waals surface area contributed by atoms with E-state index in [0.717, 1.165) is 11.8 Å². The van der Waals surface area contributed by atoms with Gasteiger partial charge in [0.1, 0.15) is 0 Å². The quantitative estimate of drug-likeness (QED) is 0.276. The van der Waals surface area contributed by atoms with E-state index in [1.165, 1.54) is 29.9 Å². The Balaban J connectivity index is 2.01. The van der Waals surface area contributed by atoms with Crippen molar-refractivity contribution in [2.24, 2.45) is 0 Å². The van der Waals surface area contributed by atoms with Gasteiger partial charge in [0.25, 0.3) is 5.56 Å². The Morgan fingerprint density at radius 2 is 1.90 bits per heavy atom. The van der Waals surface area contributed by atoms with Gasteiger partial charge in [0.15, 0.2) is 10.9 Å². The van der Waals surface area contributed by atoms with Crippen LogP contribution >= 0.6 is 11.8 Å². The number of Topliss-reactive ketones (excluding diaryl/α,β-unsaturated/α-hetero) is 1. The van der Waals surface area contributed by atoms with Crippen molar-refractivity contribution >= 4 is 34.4 Å². The van der Waals surface area contributed by atoms with Gasteiger partial charge in [-0.3, -0.25) is 14.2 Å². The molecule has 0 bridgehead atoms. The number of esters is 1. The lowest BCUT2D eigenvalue weighted by molar-refractivity contribution is 0.0600. The Kier molecular flexibility index (Phi) is 6.46. The molecule has 8 heteroatoms. The summed E-state index contributed by atoms with van der Waals surface area (Å²) in [5.41, 5.74) is 0.825. The number of ether oxygens (including phenoxy) is 1. The predicted molar refractivity (Wildman–Crippen MR) is 111 cm³/mol. The Labute approximate surface area is 171 Å². The van der Waals surface area contributed by atoms with Gasteiger partial charge in [-0.05, 0) is 25.1 Å². The second-order valence-electron chi connectivity index (χ2n) is 6.46. The van der Waals surface area contributed by atoms with E-state index in [0.29, 0.717) is 21.6 Å². The van der Waals surface area contributed by atoms with E-state index in [1.807, 2.05) is 6.07 Å². The van der Waals surface area contributed by atoms with E-state index in [4.69, 9.17) is 4.74 Å². The number of aliphatic hydroxyl groups excluding tert-OH is 1. The summed E-state index contributed by atoms with van der Waals surface area (Å²) in [5, 5.41) is 10.4. The average Bonchev–Trinajstić information content (AvgIpc) is 2.73. The third kappa shape index (κ3) is 4.72. The van der Waals surface area contributed by atoms with Gasteiger partial charge in [0.2, 0.25) is 0 Å². The molecule has 1 heterocycles. The lowest BCUT2D eigenvalue weighted by atomic mass is 10.1. The summed E-state index contributed by atoms with van der Waals surface area (Å²) in [6.45, 7) is 1.61. The van der Waals surface area contributed by atoms with Crippen molar-refractivity contribution in [2.75, 3.05) is 12.9 Å². The molecule has 0 unspecified atom stereocenters. The van der Waals surface area contributed by atoms with Crippen molar-refractivity contribution < 1.29 is 19.4 Å². The first kappa shape index (κ1) is 20.8. The van der Waals surface area contributed by atoms with Crippen LogP contribution in [0.15, 0.2) is 58.5 Å². The minimum absolute atomic E-state index is 0.0440. The number of thioether (sulfide) groups is 1. The van der Waals surface area contributed by atoms with Gasteiger partial charge in [-0.2, -0.15) is 0 Å². The van der Waals surface area contributed by atoms with Gasteiger partial charge >= 0.3 is 5.97 Å². The molecule has 3 aromatic rings. The lowest BCUT2D eigenvalue weighted by Gasteiger charge is -2.14. The summed E-state index contributed by atoms with van der Waals surface area (Å²) < 4.78 is 6.07. The molecule has 7 nitrogen and oxygen atoms in total. The highest BCUT2D eigenvalue weighted by Crippen LogP contribution is 2.21. The molecule has 2 aromatic carbocycles. The third-order valence-electron chi connectivity index (χ3n) is 4.22. The van der Waals surface area contributed by atoms with Gasteiger partial charge in [-0.1, -0.05) is 42.1 Å². The Bertz CT molecular complexity index is 1110. The van der Waals surface area contributed by atoms with E-state index < -0.39 is 12.1 Å². The van der Waals surface area contributed by atoms with Crippen molar-refractivity contribution in [1.29, 1.82) is 0 Å². The molecular weight excluding hydrogens is 392 g/mol. The van der Waals surface area contributed by atoms with E-state index >= 15 is 0 Å². The molecular formula is C21H20N2O5S. The molecule has 0 saturated heterocycles. The van der Waals surface area contributed by atoms with Crippen LogP contribution in [-0.2, 0) is 11.3 Å². The first-order valence-corrected chi connectivity index (χ1v) is 9.91. The highest BCUT2D eigenvalue weighted by Gasteiger charge is 2.17. The van der Waals surface area contributed by atoms with Crippen LogP contribution in [-0.4, -0.2) is 45.4 Å². The monoisotopic (exact) mass is 412 g/mol. The number of rotatable bonds is 7. The second kappa shape index (κ2) is 9.02. The van der Waals surface area contributed by atoms with Gasteiger partial charge in [0, 0.05) is 5.56 Å². The normalized spacial score (nSPS) is 12.0. The zero-order valence-electron chi connectivity index (χ0n) is 16.0. The minimum Gasteiger partial charge on any atom is -0.465 e. The lowest BCUT2D eigenvalue weighted by Crippen LogP contribution is -2.28. The van der Waals surface area contributed by atoms with Gasteiger partial charge in [0.05, 0.1) is 42.0 Å². The van der Waals surface area contributed by atoms with E-state index in [9.17, 15) is 19.5 Å². The predicted octanol–water partition coefficient (Wildman–Crippen LogP) is 2.54. The number of hydrogen-bond donors (Lipinski definition) is 1. The highest BCUT2D eigenvalue weighted by molar-refractivity contribution is 7.99. The van der Waals surface area contributed by atoms with Crippen LogP contribution in [0.2, 0.25) is 0 Å². The molecule has 0 aliphatic carbocycles. The summed E-state index contributed by atoms with van der Waals surface area (Å²) in [6, 6.07) is 13.3. The minimum atomic E-state index is -0.773. The summed E-state index contributed by atoms with van der Waals surface area (Å²) in [4.78, 5) is 41.7. The maximum Gasteiger partial charge on any atom is 0.337 e. The van der Waals surface area contributed by atoms with Crippen LogP contribution in [0, 0.1) is 0 Å². The highest BCUT2D eigenvalue weighted by atomic mass is 32.2. The summed E-state index contributed by atoms with van der Waals surface area (Å²) in [6.07, 6.45) is -0.773. The average molecular weight is 412 g/mol. The number of carbonyl (C=O) groups is 2. The largest absolute Gasteiger partial charge is 0.465 e. The van der Waals surface area contributed by atoms with Crippen molar-refractivity contribution in [2.45, 2.75) is 24.7 Å². The van der Waals surface area contributed by atoms with Crippen LogP contribution < -0.4 is 5.56 Å². The molecule has 3 rings (SSSR count). The third-order valence-corrected chi connectivity index (χ3v) is 5.19. The van der Waals surface area contributed by atoms with Crippen molar-refractivity contribution in [3.05, 3.63) is 70.0 Å². The molecule has 1 atom stereocenters. The number of aliphatic hydroxyl groups is 1.